The van der Waals surface area contributed by atoms with Crippen molar-refractivity contribution in [2.45, 2.75) is 62.9 Å². The number of aromatic amines is 1. The average molecular weight is 562 g/mol. The molecule has 13 heteroatoms. The van der Waals surface area contributed by atoms with Crippen LogP contribution in [-0.4, -0.2) is 85.3 Å². The molecule has 41 heavy (non-hydrogen) atoms. The lowest BCUT2D eigenvalue weighted by atomic mass is 9.97. The first-order valence-corrected chi connectivity index (χ1v) is 13.6. The van der Waals surface area contributed by atoms with Crippen molar-refractivity contribution in [1.82, 2.24) is 36.2 Å². The molecule has 0 bridgehead atoms. The molecule has 5 rings (SSSR count). The number of rotatable bonds is 9. The normalized spacial score (nSPS) is 21.1. The molecular weight excluding hydrogens is 530 g/mol. The zero-order valence-corrected chi connectivity index (χ0v) is 22.2. The summed E-state index contributed by atoms with van der Waals surface area (Å²) < 4.78 is 4.72. The van der Waals surface area contributed by atoms with Gasteiger partial charge in [0.1, 0.15) is 18.1 Å². The Hall–Kier alpha value is -4.65. The Balaban J connectivity index is 1.36. The van der Waals surface area contributed by atoms with Gasteiger partial charge >= 0.3 is 5.97 Å². The maximum absolute atomic E-state index is 14.0. The predicted molar refractivity (Wildman–Crippen MR) is 144 cm³/mol. The van der Waals surface area contributed by atoms with Crippen LogP contribution in [0.2, 0.25) is 0 Å². The molecule has 3 heterocycles. The van der Waals surface area contributed by atoms with E-state index in [2.05, 4.69) is 31.3 Å². The Morgan fingerprint density at radius 2 is 1.88 bits per heavy atom. The van der Waals surface area contributed by atoms with Crippen LogP contribution in [0, 0.1) is 0 Å². The maximum Gasteiger partial charge on any atom is 0.310 e. The third kappa shape index (κ3) is 6.57. The summed E-state index contributed by atoms with van der Waals surface area (Å²) in [4.78, 5) is 53.8. The Bertz CT molecular complexity index is 1380. The van der Waals surface area contributed by atoms with E-state index in [4.69, 9.17) is 4.74 Å². The van der Waals surface area contributed by atoms with Gasteiger partial charge in [-0.25, -0.2) is 0 Å². The molecule has 4 atom stereocenters. The molecule has 4 N–H and O–H groups in total. The number of tetrazole rings is 1. The lowest BCUT2D eigenvalue weighted by Gasteiger charge is -2.37. The molecule has 0 saturated carbocycles. The highest BCUT2D eigenvalue weighted by Crippen LogP contribution is 2.25. The summed E-state index contributed by atoms with van der Waals surface area (Å²) in [6, 6.07) is 13.9. The number of aliphatic hydroxyl groups excluding tert-OH is 1. The first-order chi connectivity index (χ1) is 19.9. The van der Waals surface area contributed by atoms with Gasteiger partial charge < -0.3 is 25.4 Å². The van der Waals surface area contributed by atoms with Crippen molar-refractivity contribution in [3.8, 4) is 11.1 Å². The summed E-state index contributed by atoms with van der Waals surface area (Å²) in [5.41, 5.74) is 1.98. The third-order valence-electron chi connectivity index (χ3n) is 7.30. The summed E-state index contributed by atoms with van der Waals surface area (Å²) in [5, 5.41) is 29.3. The number of hydrogen-bond acceptors (Lipinski definition) is 9. The number of nitrogens with zero attached hydrogens (tertiary/aromatic N) is 4. The fraction of sp³-hybridized carbons (Fsp3) is 0.393. The Kier molecular flexibility index (Phi) is 8.63. The van der Waals surface area contributed by atoms with Crippen LogP contribution in [0.1, 0.15) is 48.3 Å². The number of ether oxygens (including phenoxy) is 1. The number of likely N-dealkylation sites (tertiary alicyclic amines) is 1. The zero-order chi connectivity index (χ0) is 28.8. The third-order valence-corrected chi connectivity index (χ3v) is 7.30. The quantitative estimate of drug-likeness (QED) is 0.274. The molecule has 3 aromatic rings. The van der Waals surface area contributed by atoms with E-state index in [1.807, 2.05) is 42.5 Å². The number of cyclic esters (lactones) is 1. The van der Waals surface area contributed by atoms with E-state index in [9.17, 15) is 24.3 Å². The Morgan fingerprint density at radius 1 is 1.10 bits per heavy atom. The van der Waals surface area contributed by atoms with E-state index in [1.54, 1.807) is 12.1 Å². The van der Waals surface area contributed by atoms with Crippen molar-refractivity contribution in [2.75, 3.05) is 6.54 Å². The molecule has 2 aromatic carbocycles. The van der Waals surface area contributed by atoms with E-state index in [0.29, 0.717) is 30.8 Å². The van der Waals surface area contributed by atoms with Gasteiger partial charge in [-0.05, 0) is 42.9 Å². The second-order valence-corrected chi connectivity index (χ2v) is 10.0. The average Bonchev–Trinajstić information content (AvgIpc) is 3.63. The highest BCUT2D eigenvalue weighted by Gasteiger charge is 2.40. The van der Waals surface area contributed by atoms with Crippen molar-refractivity contribution in [1.29, 1.82) is 0 Å². The smallest absolute Gasteiger partial charge is 0.310 e. The van der Waals surface area contributed by atoms with Gasteiger partial charge in [-0.15, -0.1) is 10.2 Å². The number of piperidine rings is 1. The van der Waals surface area contributed by atoms with Crippen molar-refractivity contribution in [2.24, 2.45) is 0 Å². The maximum atomic E-state index is 14.0. The van der Waals surface area contributed by atoms with E-state index in [-0.39, 0.29) is 19.3 Å². The van der Waals surface area contributed by atoms with Gasteiger partial charge in [-0.2, -0.15) is 5.21 Å². The molecule has 3 amide bonds. The van der Waals surface area contributed by atoms with Gasteiger partial charge in [0, 0.05) is 18.5 Å². The minimum atomic E-state index is -1.44. The molecule has 1 unspecified atom stereocenters. The second kappa shape index (κ2) is 12.7. The van der Waals surface area contributed by atoms with Crippen molar-refractivity contribution >= 4 is 23.7 Å². The monoisotopic (exact) mass is 561 g/mol. The van der Waals surface area contributed by atoms with Gasteiger partial charge in [0.05, 0.1) is 6.42 Å². The minimum Gasteiger partial charge on any atom is -0.434 e. The fourth-order valence-corrected chi connectivity index (χ4v) is 5.22. The van der Waals surface area contributed by atoms with Crippen LogP contribution in [-0.2, 0) is 25.5 Å². The van der Waals surface area contributed by atoms with Gasteiger partial charge in [0.15, 0.2) is 5.82 Å². The van der Waals surface area contributed by atoms with E-state index < -0.39 is 48.1 Å². The summed E-state index contributed by atoms with van der Waals surface area (Å²) in [5.74, 6) is -1.57. The molecule has 0 spiro atoms. The number of aliphatic hydroxyl groups is 1. The summed E-state index contributed by atoms with van der Waals surface area (Å²) >= 11 is 0. The molecule has 2 fully saturated rings. The van der Waals surface area contributed by atoms with Crippen LogP contribution in [0.15, 0.2) is 54.6 Å². The number of carbonyl (C=O) groups is 4. The van der Waals surface area contributed by atoms with Crippen LogP contribution in [0.25, 0.3) is 11.1 Å². The van der Waals surface area contributed by atoms with E-state index >= 15 is 0 Å². The first kappa shape index (κ1) is 27.9. The number of aromatic nitrogens is 4. The van der Waals surface area contributed by atoms with Gasteiger partial charge in [0.2, 0.25) is 18.1 Å². The highest BCUT2D eigenvalue weighted by atomic mass is 16.6. The summed E-state index contributed by atoms with van der Waals surface area (Å²) in [7, 11) is 0. The predicted octanol–water partition coefficient (Wildman–Crippen LogP) is 0.729. The molecule has 214 valence electrons. The second-order valence-electron chi connectivity index (χ2n) is 10.0. The number of amides is 3. The van der Waals surface area contributed by atoms with Gasteiger partial charge in [-0.1, -0.05) is 53.7 Å². The van der Waals surface area contributed by atoms with E-state index in [1.165, 1.54) is 4.90 Å². The number of carbonyl (C=O) groups excluding carboxylic acids is 4. The Morgan fingerprint density at radius 3 is 2.61 bits per heavy atom. The number of esters is 1. The highest BCUT2D eigenvalue weighted by molar-refractivity contribution is 6.03. The van der Waals surface area contributed by atoms with Crippen LogP contribution in [0.4, 0.5) is 0 Å². The van der Waals surface area contributed by atoms with Crippen molar-refractivity contribution in [3.63, 3.8) is 0 Å². The molecule has 2 aliphatic heterocycles. The lowest BCUT2D eigenvalue weighted by molar-refractivity contribution is -0.155. The van der Waals surface area contributed by atoms with E-state index in [0.717, 1.165) is 17.5 Å². The molecule has 0 radical (unpaired) electrons. The standard InChI is InChI=1S/C28H31N7O6/c36-24-16-21(28(40)41-24)30-26(38)22-12-6-7-15-35(22)27(39)20(13-14-23-31-33-34-32-23)29-25(37)19-11-5-4-10-18(19)17-8-2-1-3-9-17/h1-5,8-11,20-22,28,40H,6-7,12-16H2,(H,29,37)(H,30,38)(H,31,32,33,34)/t20-,21-,22-,28?/m0/s1. The number of H-pyrrole nitrogens is 1. The number of hydrogen-bond donors (Lipinski definition) is 4. The molecule has 2 aliphatic rings. The number of aryl methyl sites for hydroxylation is 1. The molecular formula is C28H31N7O6. The zero-order valence-electron chi connectivity index (χ0n) is 22.2. The Labute approximate surface area is 235 Å². The summed E-state index contributed by atoms with van der Waals surface area (Å²) in [6.45, 7) is 0.314. The van der Waals surface area contributed by atoms with Crippen molar-refractivity contribution in [3.05, 3.63) is 66.0 Å². The largest absolute Gasteiger partial charge is 0.434 e. The first-order valence-electron chi connectivity index (χ1n) is 13.6. The van der Waals surface area contributed by atoms with Gasteiger partial charge in [-0.3, -0.25) is 19.2 Å². The van der Waals surface area contributed by atoms with Crippen LogP contribution < -0.4 is 10.6 Å². The molecule has 1 aromatic heterocycles. The van der Waals surface area contributed by atoms with Crippen LogP contribution in [0.3, 0.4) is 0 Å². The van der Waals surface area contributed by atoms with Crippen molar-refractivity contribution < 1.29 is 29.0 Å². The van der Waals surface area contributed by atoms with Crippen LogP contribution in [0.5, 0.6) is 0 Å². The lowest BCUT2D eigenvalue weighted by Crippen LogP contribution is -2.59. The number of benzene rings is 2. The molecule has 2 saturated heterocycles. The topological polar surface area (TPSA) is 179 Å². The molecule has 0 aliphatic carbocycles. The number of nitrogens with one attached hydrogen (secondary N) is 3. The summed E-state index contributed by atoms with van der Waals surface area (Å²) in [6.07, 6.45) is 0.638. The fourth-order valence-electron chi connectivity index (χ4n) is 5.22. The van der Waals surface area contributed by atoms with Gasteiger partial charge in [0.25, 0.3) is 5.91 Å². The molecule has 13 nitrogen and oxygen atoms in total. The van der Waals surface area contributed by atoms with Crippen LogP contribution >= 0.6 is 0 Å². The minimum absolute atomic E-state index is 0.155. The SMILES string of the molecule is O=C1C[C@H](NC(=O)[C@@H]2CCCCN2C(=O)[C@H](CCc2nn[nH]n2)NC(=O)c2ccccc2-c2ccccc2)C(O)O1.